The summed E-state index contributed by atoms with van der Waals surface area (Å²) in [5.74, 6) is -0.596. The Balaban J connectivity index is 1.63. The van der Waals surface area contributed by atoms with Crippen LogP contribution < -0.4 is 5.73 Å². The first-order chi connectivity index (χ1) is 14.6. The molecule has 2 N–H and O–H groups in total. The number of piperidine rings is 1. The van der Waals surface area contributed by atoms with E-state index in [1.54, 1.807) is 11.3 Å². The van der Waals surface area contributed by atoms with Crippen molar-refractivity contribution >= 4 is 17.3 Å². The number of esters is 1. The van der Waals surface area contributed by atoms with Crippen molar-refractivity contribution in [1.82, 2.24) is 4.90 Å². The first-order valence-corrected chi connectivity index (χ1v) is 11.3. The third-order valence-corrected chi connectivity index (χ3v) is 6.84. The van der Waals surface area contributed by atoms with E-state index in [-0.39, 0.29) is 12.1 Å². The van der Waals surface area contributed by atoms with Gasteiger partial charge in [0.25, 0.3) is 0 Å². The summed E-state index contributed by atoms with van der Waals surface area (Å²) in [7, 11) is 2.11. The molecule has 2 aromatic carbocycles. The Morgan fingerprint density at radius 3 is 2.50 bits per heavy atom. The number of carbonyl (C=O) groups excluding carboxylic acids is 1. The van der Waals surface area contributed by atoms with E-state index >= 15 is 0 Å². The number of ether oxygens (including phenoxy) is 1. The highest BCUT2D eigenvalue weighted by atomic mass is 32.1. The number of hydrogen-bond acceptors (Lipinski definition) is 5. The van der Waals surface area contributed by atoms with Crippen LogP contribution >= 0.6 is 11.3 Å². The molecule has 1 aromatic heterocycles. The zero-order chi connectivity index (χ0) is 20.9. The third kappa shape index (κ3) is 4.81. The second kappa shape index (κ2) is 9.56. The van der Waals surface area contributed by atoms with Crippen molar-refractivity contribution in [1.29, 1.82) is 0 Å². The molecular weight excluding hydrogens is 392 g/mol. The molecule has 4 rings (SSSR count). The largest absolute Gasteiger partial charge is 0.462 e. The molecule has 0 aliphatic carbocycles. The minimum absolute atomic E-state index is 0.00694. The lowest BCUT2D eigenvalue weighted by Crippen LogP contribution is -2.36. The molecule has 1 saturated heterocycles. The molecule has 1 aliphatic heterocycles. The minimum Gasteiger partial charge on any atom is -0.462 e. The Bertz CT molecular complexity index is 978. The highest BCUT2D eigenvalue weighted by molar-refractivity contribution is 7.15. The Morgan fingerprint density at radius 2 is 1.80 bits per heavy atom. The maximum atomic E-state index is 13.3. The topological polar surface area (TPSA) is 55.6 Å². The van der Waals surface area contributed by atoms with Crippen LogP contribution in [0.5, 0.6) is 0 Å². The van der Waals surface area contributed by atoms with Crippen LogP contribution in [0.25, 0.3) is 10.4 Å². The molecule has 0 bridgehead atoms. The number of thiophene rings is 1. The van der Waals surface area contributed by atoms with Crippen molar-refractivity contribution in [3.63, 3.8) is 0 Å². The van der Waals surface area contributed by atoms with Crippen molar-refractivity contribution in [3.05, 3.63) is 82.7 Å². The van der Waals surface area contributed by atoms with Crippen LogP contribution in [-0.2, 0) is 16.1 Å². The van der Waals surface area contributed by atoms with Crippen molar-refractivity contribution in [2.75, 3.05) is 20.1 Å². The van der Waals surface area contributed by atoms with Gasteiger partial charge in [-0.3, -0.25) is 4.79 Å². The molecule has 0 saturated carbocycles. The SMILES string of the molecule is CN1CCC(OC(=O)C(c2ccccc2)c2cccc(-c3ccc(CN)s3)c2)CC1. The van der Waals surface area contributed by atoms with Crippen molar-refractivity contribution in [2.24, 2.45) is 5.73 Å². The lowest BCUT2D eigenvalue weighted by molar-refractivity contribution is -0.151. The Hall–Kier alpha value is -2.47. The summed E-state index contributed by atoms with van der Waals surface area (Å²) in [6.07, 6.45) is 1.77. The van der Waals surface area contributed by atoms with Crippen LogP contribution in [0.15, 0.2) is 66.7 Å². The second-order valence-electron chi connectivity index (χ2n) is 7.88. The summed E-state index contributed by atoms with van der Waals surface area (Å²) < 4.78 is 6.00. The fourth-order valence-electron chi connectivity index (χ4n) is 3.96. The van der Waals surface area contributed by atoms with E-state index in [4.69, 9.17) is 10.5 Å². The fraction of sp³-hybridized carbons (Fsp3) is 0.320. The number of carbonyl (C=O) groups is 1. The average molecular weight is 421 g/mol. The van der Waals surface area contributed by atoms with E-state index in [1.165, 1.54) is 0 Å². The second-order valence-corrected chi connectivity index (χ2v) is 9.05. The average Bonchev–Trinajstić information content (AvgIpc) is 3.26. The molecule has 2 heterocycles. The van der Waals surface area contributed by atoms with Gasteiger partial charge in [0.05, 0.1) is 0 Å². The van der Waals surface area contributed by atoms with Crippen molar-refractivity contribution in [3.8, 4) is 10.4 Å². The first-order valence-electron chi connectivity index (χ1n) is 10.5. The molecule has 0 spiro atoms. The number of nitrogens with two attached hydrogens (primary N) is 1. The molecule has 3 aromatic rings. The maximum Gasteiger partial charge on any atom is 0.318 e. The van der Waals surface area contributed by atoms with Crippen LogP contribution in [0, 0.1) is 0 Å². The van der Waals surface area contributed by atoms with Crippen molar-refractivity contribution in [2.45, 2.75) is 31.4 Å². The van der Waals surface area contributed by atoms with E-state index in [9.17, 15) is 4.79 Å². The highest BCUT2D eigenvalue weighted by Gasteiger charge is 2.28. The molecule has 0 radical (unpaired) electrons. The van der Waals surface area contributed by atoms with Crippen LogP contribution in [-0.4, -0.2) is 37.1 Å². The van der Waals surface area contributed by atoms with Gasteiger partial charge in [-0.1, -0.05) is 48.5 Å². The maximum absolute atomic E-state index is 13.3. The quantitative estimate of drug-likeness (QED) is 0.590. The van der Waals surface area contributed by atoms with Gasteiger partial charge in [0.1, 0.15) is 12.0 Å². The van der Waals surface area contributed by atoms with Gasteiger partial charge in [0.15, 0.2) is 0 Å². The molecule has 1 fully saturated rings. The summed E-state index contributed by atoms with van der Waals surface area (Å²) >= 11 is 1.69. The summed E-state index contributed by atoms with van der Waals surface area (Å²) in [6.45, 7) is 2.47. The van der Waals surface area contributed by atoms with E-state index < -0.39 is 5.92 Å². The molecule has 156 valence electrons. The summed E-state index contributed by atoms with van der Waals surface area (Å²) in [4.78, 5) is 17.9. The third-order valence-electron chi connectivity index (χ3n) is 5.68. The molecule has 0 amide bonds. The normalized spacial score (nSPS) is 16.3. The van der Waals surface area contributed by atoms with Gasteiger partial charge in [-0.2, -0.15) is 0 Å². The van der Waals surface area contributed by atoms with Gasteiger partial charge in [0.2, 0.25) is 0 Å². The number of hydrogen-bond donors (Lipinski definition) is 1. The Labute approximate surface area is 182 Å². The van der Waals surface area contributed by atoms with Gasteiger partial charge in [-0.25, -0.2) is 0 Å². The van der Waals surface area contributed by atoms with E-state index in [1.807, 2.05) is 42.5 Å². The predicted octanol–water partition coefficient (Wildman–Crippen LogP) is 4.64. The van der Waals surface area contributed by atoms with E-state index in [0.717, 1.165) is 52.4 Å². The zero-order valence-corrected chi connectivity index (χ0v) is 18.1. The Kier molecular flexibility index (Phi) is 6.62. The summed E-state index contributed by atoms with van der Waals surface area (Å²) in [6, 6.07) is 22.3. The number of nitrogens with zero attached hydrogens (tertiary/aromatic N) is 1. The molecule has 4 nitrogen and oxygen atoms in total. The highest BCUT2D eigenvalue weighted by Crippen LogP contribution is 2.33. The molecule has 1 aliphatic rings. The molecule has 5 heteroatoms. The first kappa shape index (κ1) is 20.8. The van der Waals surface area contributed by atoms with E-state index in [0.29, 0.717) is 6.54 Å². The van der Waals surface area contributed by atoms with E-state index in [2.05, 4.69) is 36.2 Å². The predicted molar refractivity (Wildman–Crippen MR) is 123 cm³/mol. The van der Waals surface area contributed by atoms with Crippen LogP contribution in [0.4, 0.5) is 0 Å². The number of rotatable bonds is 6. The number of benzene rings is 2. The Morgan fingerprint density at radius 1 is 1.07 bits per heavy atom. The van der Waals surface area contributed by atoms with Crippen molar-refractivity contribution < 1.29 is 9.53 Å². The minimum atomic E-state index is -0.431. The lowest BCUT2D eigenvalue weighted by atomic mass is 9.90. The smallest absolute Gasteiger partial charge is 0.318 e. The standard InChI is InChI=1S/C25H28N2O2S/c1-27-14-12-21(13-15-27)29-25(28)24(18-6-3-2-4-7-18)20-9-5-8-19(16-20)23-11-10-22(17-26)30-23/h2-11,16,21,24H,12-15,17,26H2,1H3. The van der Waals surface area contributed by atoms with Crippen LogP contribution in [0.2, 0.25) is 0 Å². The molecule has 1 unspecified atom stereocenters. The fourth-order valence-corrected chi connectivity index (χ4v) is 4.84. The van der Waals surface area contributed by atoms with Gasteiger partial charge >= 0.3 is 5.97 Å². The molecular formula is C25H28N2O2S. The zero-order valence-electron chi connectivity index (χ0n) is 17.3. The van der Waals surface area contributed by atoms with Crippen LogP contribution in [0.3, 0.4) is 0 Å². The van der Waals surface area contributed by atoms with Gasteiger partial charge in [-0.05, 0) is 54.8 Å². The molecule has 30 heavy (non-hydrogen) atoms. The monoisotopic (exact) mass is 420 g/mol. The van der Waals surface area contributed by atoms with Gasteiger partial charge < -0.3 is 15.4 Å². The lowest BCUT2D eigenvalue weighted by Gasteiger charge is -2.30. The molecule has 1 atom stereocenters. The van der Waals surface area contributed by atoms with Crippen LogP contribution in [0.1, 0.15) is 34.8 Å². The number of likely N-dealkylation sites (tertiary alicyclic amines) is 1. The van der Waals surface area contributed by atoms with Gasteiger partial charge in [-0.15, -0.1) is 11.3 Å². The summed E-state index contributed by atoms with van der Waals surface area (Å²) in [5.41, 5.74) is 8.80. The summed E-state index contributed by atoms with van der Waals surface area (Å²) in [5, 5.41) is 0. The van der Waals surface area contributed by atoms with Gasteiger partial charge in [0, 0.05) is 29.4 Å².